The minimum atomic E-state index is -0.196. The molecule has 0 fully saturated rings. The van der Waals surface area contributed by atoms with Gasteiger partial charge in [0.1, 0.15) is 5.82 Å². The summed E-state index contributed by atoms with van der Waals surface area (Å²) in [5.41, 5.74) is 4.08. The summed E-state index contributed by atoms with van der Waals surface area (Å²) in [5, 5.41) is 3.44. The van der Waals surface area contributed by atoms with Gasteiger partial charge in [0.25, 0.3) is 0 Å². The van der Waals surface area contributed by atoms with Crippen LogP contribution in [0.15, 0.2) is 42.5 Å². The van der Waals surface area contributed by atoms with Gasteiger partial charge in [-0.3, -0.25) is 0 Å². The molecule has 0 amide bonds. The van der Waals surface area contributed by atoms with Gasteiger partial charge in [-0.25, -0.2) is 4.39 Å². The van der Waals surface area contributed by atoms with E-state index in [1.54, 1.807) is 12.1 Å². The maximum atomic E-state index is 13.9. The number of anilines is 3. The van der Waals surface area contributed by atoms with E-state index in [-0.39, 0.29) is 5.82 Å². The van der Waals surface area contributed by atoms with E-state index in [1.807, 2.05) is 30.1 Å². The molecule has 2 nitrogen and oxygen atoms in total. The lowest BCUT2D eigenvalue weighted by atomic mass is 10.0. The molecule has 2 aromatic carbocycles. The first kappa shape index (κ1) is 12.0. The number of benzene rings is 2. The van der Waals surface area contributed by atoms with Gasteiger partial charge >= 0.3 is 0 Å². The Morgan fingerprint density at radius 1 is 1.05 bits per heavy atom. The van der Waals surface area contributed by atoms with E-state index in [2.05, 4.69) is 11.4 Å². The second-order valence-corrected chi connectivity index (χ2v) is 4.85. The van der Waals surface area contributed by atoms with Crippen LogP contribution in [0.5, 0.6) is 0 Å². The van der Waals surface area contributed by atoms with Gasteiger partial charge in [-0.05, 0) is 36.6 Å². The van der Waals surface area contributed by atoms with E-state index in [4.69, 9.17) is 0 Å². The van der Waals surface area contributed by atoms with Crippen molar-refractivity contribution in [3.63, 3.8) is 0 Å². The van der Waals surface area contributed by atoms with Gasteiger partial charge in [0.05, 0.1) is 17.1 Å². The summed E-state index contributed by atoms with van der Waals surface area (Å²) < 4.78 is 13.9. The summed E-state index contributed by atoms with van der Waals surface area (Å²) in [4.78, 5) is 1.91. The zero-order valence-corrected chi connectivity index (χ0v) is 11.0. The third-order valence-corrected chi connectivity index (χ3v) is 3.63. The third-order valence-electron chi connectivity index (χ3n) is 3.63. The smallest absolute Gasteiger partial charge is 0.146 e. The highest BCUT2D eigenvalue weighted by molar-refractivity contribution is 5.79. The summed E-state index contributed by atoms with van der Waals surface area (Å²) >= 11 is 0. The number of fused-ring (bicyclic) bond motifs is 1. The molecule has 1 heterocycles. The van der Waals surface area contributed by atoms with Gasteiger partial charge in [0, 0.05) is 13.6 Å². The van der Waals surface area contributed by atoms with Crippen molar-refractivity contribution in [2.75, 3.05) is 23.8 Å². The van der Waals surface area contributed by atoms with Crippen molar-refractivity contribution in [2.24, 2.45) is 0 Å². The molecule has 1 N–H and O–H groups in total. The van der Waals surface area contributed by atoms with E-state index in [1.165, 1.54) is 11.6 Å². The predicted octanol–water partition coefficient (Wildman–Crippen LogP) is 3.95. The van der Waals surface area contributed by atoms with Gasteiger partial charge in [-0.1, -0.05) is 24.3 Å². The lowest BCUT2D eigenvalue weighted by molar-refractivity contribution is 0.627. The van der Waals surface area contributed by atoms with Gasteiger partial charge in [0.15, 0.2) is 0 Å². The van der Waals surface area contributed by atoms with Crippen LogP contribution in [0.3, 0.4) is 0 Å². The topological polar surface area (TPSA) is 15.3 Å². The molecule has 3 heteroatoms. The largest absolute Gasteiger partial charge is 0.383 e. The first-order valence-corrected chi connectivity index (χ1v) is 6.61. The number of hydrogen-bond donors (Lipinski definition) is 1. The number of halogens is 1. The fourth-order valence-electron chi connectivity index (χ4n) is 2.62. The molecule has 0 saturated carbocycles. The van der Waals surface area contributed by atoms with Crippen LogP contribution in [0.4, 0.5) is 21.5 Å². The monoisotopic (exact) mass is 256 g/mol. The Morgan fingerprint density at radius 2 is 1.84 bits per heavy atom. The van der Waals surface area contributed by atoms with Gasteiger partial charge in [-0.15, -0.1) is 0 Å². The van der Waals surface area contributed by atoms with E-state index in [0.29, 0.717) is 5.69 Å². The molecule has 0 aromatic heterocycles. The Bertz CT molecular complexity index is 595. The number of hydrogen-bond acceptors (Lipinski definition) is 2. The number of aryl methyl sites for hydroxylation is 1. The Kier molecular flexibility index (Phi) is 3.11. The number of rotatable bonds is 2. The van der Waals surface area contributed by atoms with E-state index >= 15 is 0 Å². The van der Waals surface area contributed by atoms with Crippen LogP contribution in [-0.4, -0.2) is 13.6 Å². The highest BCUT2D eigenvalue weighted by Gasteiger charge is 2.17. The van der Waals surface area contributed by atoms with Crippen LogP contribution in [0.25, 0.3) is 0 Å². The average molecular weight is 256 g/mol. The molecular weight excluding hydrogens is 239 g/mol. The van der Waals surface area contributed by atoms with E-state index in [0.717, 1.165) is 30.8 Å². The summed E-state index contributed by atoms with van der Waals surface area (Å²) in [6, 6.07) is 13.1. The second-order valence-electron chi connectivity index (χ2n) is 4.85. The summed E-state index contributed by atoms with van der Waals surface area (Å²) in [6.07, 6.45) is 2.24. The first-order valence-electron chi connectivity index (χ1n) is 6.61. The van der Waals surface area contributed by atoms with E-state index in [9.17, 15) is 4.39 Å². The Labute approximate surface area is 112 Å². The minimum absolute atomic E-state index is 0.196. The molecule has 19 heavy (non-hydrogen) atoms. The molecule has 0 unspecified atom stereocenters. The van der Waals surface area contributed by atoms with Crippen LogP contribution in [0.2, 0.25) is 0 Å². The molecule has 0 spiro atoms. The fourth-order valence-corrected chi connectivity index (χ4v) is 2.62. The molecule has 0 radical (unpaired) electrons. The Morgan fingerprint density at radius 3 is 2.68 bits per heavy atom. The maximum absolute atomic E-state index is 13.9. The quantitative estimate of drug-likeness (QED) is 0.875. The Hall–Kier alpha value is -2.03. The average Bonchev–Trinajstić information content (AvgIpc) is 2.46. The molecule has 0 aliphatic carbocycles. The normalized spacial score (nSPS) is 13.6. The molecule has 98 valence electrons. The molecular formula is C16H17FN2. The number of para-hydroxylation sites is 2. The lowest BCUT2D eigenvalue weighted by Crippen LogP contribution is -2.18. The zero-order valence-electron chi connectivity index (χ0n) is 11.0. The molecule has 0 atom stereocenters. The van der Waals surface area contributed by atoms with E-state index < -0.39 is 0 Å². The van der Waals surface area contributed by atoms with Crippen molar-refractivity contribution >= 4 is 17.1 Å². The molecule has 1 aliphatic heterocycles. The van der Waals surface area contributed by atoms with Crippen molar-refractivity contribution < 1.29 is 4.39 Å². The number of nitrogens with one attached hydrogen (secondary N) is 1. The highest BCUT2D eigenvalue weighted by atomic mass is 19.1. The maximum Gasteiger partial charge on any atom is 0.146 e. The predicted molar refractivity (Wildman–Crippen MR) is 77.7 cm³/mol. The number of nitrogens with zero attached hydrogens (tertiary/aromatic N) is 1. The molecule has 3 rings (SSSR count). The summed E-state index contributed by atoms with van der Waals surface area (Å²) in [6.45, 7) is 0.981. The summed E-state index contributed by atoms with van der Waals surface area (Å²) in [7, 11) is 1.91. The van der Waals surface area contributed by atoms with Crippen molar-refractivity contribution in [3.8, 4) is 0 Å². The summed E-state index contributed by atoms with van der Waals surface area (Å²) in [5.74, 6) is -0.196. The van der Waals surface area contributed by atoms with Crippen LogP contribution < -0.4 is 10.2 Å². The van der Waals surface area contributed by atoms with Crippen LogP contribution in [0, 0.1) is 5.82 Å². The van der Waals surface area contributed by atoms with Crippen LogP contribution in [-0.2, 0) is 6.42 Å². The van der Waals surface area contributed by atoms with Crippen molar-refractivity contribution in [1.82, 2.24) is 0 Å². The van der Waals surface area contributed by atoms with Gasteiger partial charge in [0.2, 0.25) is 0 Å². The molecule has 0 bridgehead atoms. The standard InChI is InChI=1S/C16H17FN2/c1-19(14-9-3-2-8-13(14)17)15-10-4-6-12-7-5-11-18-16(12)15/h2-4,6,8-10,18H,5,7,11H2,1H3. The molecule has 2 aromatic rings. The second kappa shape index (κ2) is 4.92. The van der Waals surface area contributed by atoms with Gasteiger partial charge in [-0.2, -0.15) is 0 Å². The van der Waals surface area contributed by atoms with Crippen molar-refractivity contribution in [3.05, 3.63) is 53.8 Å². The molecule has 0 saturated heterocycles. The molecule has 1 aliphatic rings. The van der Waals surface area contributed by atoms with Crippen molar-refractivity contribution in [1.29, 1.82) is 0 Å². The van der Waals surface area contributed by atoms with Crippen molar-refractivity contribution in [2.45, 2.75) is 12.8 Å². The third kappa shape index (κ3) is 2.16. The van der Waals surface area contributed by atoms with Crippen LogP contribution in [0.1, 0.15) is 12.0 Å². The Balaban J connectivity index is 2.05. The zero-order chi connectivity index (χ0) is 13.2. The minimum Gasteiger partial charge on any atom is -0.383 e. The SMILES string of the molecule is CN(c1ccccc1F)c1cccc2c1NCCC2. The lowest BCUT2D eigenvalue weighted by Gasteiger charge is -2.27. The first-order chi connectivity index (χ1) is 9.27. The van der Waals surface area contributed by atoms with Gasteiger partial charge < -0.3 is 10.2 Å². The highest BCUT2D eigenvalue weighted by Crippen LogP contribution is 2.36. The fraction of sp³-hybridized carbons (Fsp3) is 0.250. The van der Waals surface area contributed by atoms with Crippen LogP contribution >= 0.6 is 0 Å².